The van der Waals surface area contributed by atoms with Crippen LogP contribution in [-0.2, 0) is 0 Å². The van der Waals surface area contributed by atoms with Gasteiger partial charge in [0.15, 0.2) is 0 Å². The van der Waals surface area contributed by atoms with E-state index in [4.69, 9.17) is 0 Å². The van der Waals surface area contributed by atoms with Crippen LogP contribution in [0.4, 0.5) is 4.39 Å². The Kier molecular flexibility index (Phi) is 3.26. The first kappa shape index (κ1) is 11.2. The van der Waals surface area contributed by atoms with Gasteiger partial charge >= 0.3 is 0 Å². The van der Waals surface area contributed by atoms with Gasteiger partial charge in [-0.1, -0.05) is 11.3 Å². The third kappa shape index (κ3) is 2.25. The van der Waals surface area contributed by atoms with Gasteiger partial charge in [0.05, 0.1) is 6.04 Å². The summed E-state index contributed by atoms with van der Waals surface area (Å²) in [5, 5.41) is 13.0. The Morgan fingerprint density at radius 1 is 1.25 bits per heavy atom. The van der Waals surface area contributed by atoms with Crippen molar-refractivity contribution >= 4 is 11.3 Å². The van der Waals surface area contributed by atoms with E-state index in [1.54, 1.807) is 12.1 Å². The summed E-state index contributed by atoms with van der Waals surface area (Å²) < 4.78 is 12.7. The van der Waals surface area contributed by atoms with Gasteiger partial charge in [-0.15, -0.1) is 10.2 Å². The Bertz CT molecular complexity index is 466. The highest BCUT2D eigenvalue weighted by Crippen LogP contribution is 2.26. The summed E-state index contributed by atoms with van der Waals surface area (Å²) in [6.45, 7) is 2.02. The van der Waals surface area contributed by atoms with E-state index in [-0.39, 0.29) is 11.9 Å². The first-order valence-corrected chi connectivity index (χ1v) is 5.79. The molecule has 5 heteroatoms. The Hall–Kier alpha value is -1.33. The first-order chi connectivity index (χ1) is 7.70. The zero-order valence-electron chi connectivity index (χ0n) is 9.07. The third-order valence-electron chi connectivity index (χ3n) is 2.34. The van der Waals surface area contributed by atoms with Crippen molar-refractivity contribution in [1.29, 1.82) is 0 Å². The molecular weight excluding hydrogens is 225 g/mol. The molecule has 0 amide bonds. The van der Waals surface area contributed by atoms with E-state index in [0.717, 1.165) is 15.6 Å². The van der Waals surface area contributed by atoms with Crippen LogP contribution in [0.15, 0.2) is 24.3 Å². The molecule has 0 saturated carbocycles. The molecule has 1 atom stereocenters. The van der Waals surface area contributed by atoms with Gasteiger partial charge in [-0.25, -0.2) is 4.39 Å². The molecule has 1 unspecified atom stereocenters. The average Bonchev–Trinajstić information content (AvgIpc) is 2.78. The highest BCUT2D eigenvalue weighted by Gasteiger charge is 2.11. The molecule has 1 aromatic carbocycles. The predicted octanol–water partition coefficient (Wildman–Crippen LogP) is 2.62. The van der Waals surface area contributed by atoms with Crippen molar-refractivity contribution in [2.75, 3.05) is 7.05 Å². The van der Waals surface area contributed by atoms with Crippen molar-refractivity contribution in [3.63, 3.8) is 0 Å². The minimum atomic E-state index is -0.239. The van der Waals surface area contributed by atoms with Gasteiger partial charge in [-0.05, 0) is 38.2 Å². The molecule has 1 aromatic heterocycles. The lowest BCUT2D eigenvalue weighted by atomic mass is 10.2. The van der Waals surface area contributed by atoms with Gasteiger partial charge < -0.3 is 5.32 Å². The number of nitrogens with zero attached hydrogens (tertiary/aromatic N) is 2. The molecule has 0 aliphatic heterocycles. The molecule has 16 heavy (non-hydrogen) atoms. The van der Waals surface area contributed by atoms with Crippen molar-refractivity contribution in [3.8, 4) is 10.6 Å². The lowest BCUT2D eigenvalue weighted by molar-refractivity contribution is 0.628. The third-order valence-corrected chi connectivity index (χ3v) is 3.49. The number of halogens is 1. The van der Waals surface area contributed by atoms with E-state index in [0.29, 0.717) is 0 Å². The van der Waals surface area contributed by atoms with E-state index in [9.17, 15) is 4.39 Å². The van der Waals surface area contributed by atoms with Gasteiger partial charge in [-0.2, -0.15) is 0 Å². The van der Waals surface area contributed by atoms with E-state index in [1.807, 2.05) is 14.0 Å². The summed E-state index contributed by atoms with van der Waals surface area (Å²) >= 11 is 1.52. The van der Waals surface area contributed by atoms with E-state index < -0.39 is 0 Å². The second-order valence-electron chi connectivity index (χ2n) is 3.46. The van der Waals surface area contributed by atoms with Crippen molar-refractivity contribution in [3.05, 3.63) is 35.1 Å². The maximum atomic E-state index is 12.7. The van der Waals surface area contributed by atoms with Crippen LogP contribution in [-0.4, -0.2) is 17.2 Å². The van der Waals surface area contributed by atoms with Gasteiger partial charge in [0.25, 0.3) is 0 Å². The van der Waals surface area contributed by atoms with Crippen molar-refractivity contribution in [1.82, 2.24) is 15.5 Å². The molecule has 0 saturated heterocycles. The number of hydrogen-bond acceptors (Lipinski definition) is 4. The zero-order chi connectivity index (χ0) is 11.5. The van der Waals surface area contributed by atoms with Crippen molar-refractivity contribution in [2.45, 2.75) is 13.0 Å². The molecular formula is C11H12FN3S. The average molecular weight is 237 g/mol. The Labute approximate surface area is 97.3 Å². The number of rotatable bonds is 3. The molecule has 2 aromatic rings. The summed E-state index contributed by atoms with van der Waals surface area (Å²) in [7, 11) is 1.88. The van der Waals surface area contributed by atoms with Crippen molar-refractivity contribution in [2.24, 2.45) is 0 Å². The minimum absolute atomic E-state index is 0.187. The summed E-state index contributed by atoms with van der Waals surface area (Å²) in [5.41, 5.74) is 0.897. The van der Waals surface area contributed by atoms with Crippen LogP contribution in [0.3, 0.4) is 0 Å². The maximum Gasteiger partial charge on any atom is 0.147 e. The number of benzene rings is 1. The van der Waals surface area contributed by atoms with E-state index in [2.05, 4.69) is 15.5 Å². The molecule has 0 fully saturated rings. The summed E-state index contributed by atoms with van der Waals surface area (Å²) in [4.78, 5) is 0. The van der Waals surface area contributed by atoms with Crippen LogP contribution in [0.2, 0.25) is 0 Å². The van der Waals surface area contributed by atoms with Crippen molar-refractivity contribution < 1.29 is 4.39 Å². The molecule has 0 aliphatic carbocycles. The van der Waals surface area contributed by atoms with Gasteiger partial charge in [0, 0.05) is 5.56 Å². The molecule has 0 aliphatic rings. The smallest absolute Gasteiger partial charge is 0.147 e. The molecule has 84 valence electrons. The molecule has 0 radical (unpaired) electrons. The standard InChI is InChI=1S/C11H12FN3S/c1-7(13-2)10-14-15-11(16-10)8-3-5-9(12)6-4-8/h3-7,13H,1-2H3. The fourth-order valence-electron chi connectivity index (χ4n) is 1.24. The summed E-state index contributed by atoms with van der Waals surface area (Å²) in [6, 6.07) is 6.47. The SMILES string of the molecule is CNC(C)c1nnc(-c2ccc(F)cc2)s1. The summed E-state index contributed by atoms with van der Waals surface area (Å²) in [5.74, 6) is -0.239. The van der Waals surface area contributed by atoms with Gasteiger partial charge in [0.2, 0.25) is 0 Å². The predicted molar refractivity (Wildman–Crippen MR) is 62.8 cm³/mol. The van der Waals surface area contributed by atoms with E-state index in [1.165, 1.54) is 23.5 Å². The topological polar surface area (TPSA) is 37.8 Å². The first-order valence-electron chi connectivity index (χ1n) is 4.97. The fourth-order valence-corrected chi connectivity index (χ4v) is 2.15. The molecule has 0 bridgehead atoms. The van der Waals surface area contributed by atoms with Crippen LogP contribution in [0.25, 0.3) is 10.6 Å². The minimum Gasteiger partial charge on any atom is -0.311 e. The number of hydrogen-bond donors (Lipinski definition) is 1. The van der Waals surface area contributed by atoms with Crippen LogP contribution >= 0.6 is 11.3 Å². The van der Waals surface area contributed by atoms with Gasteiger partial charge in [0.1, 0.15) is 15.8 Å². The molecule has 1 heterocycles. The fraction of sp³-hybridized carbons (Fsp3) is 0.273. The monoisotopic (exact) mass is 237 g/mol. The largest absolute Gasteiger partial charge is 0.311 e. The summed E-state index contributed by atoms with van der Waals surface area (Å²) in [6.07, 6.45) is 0. The number of aromatic nitrogens is 2. The molecule has 0 spiro atoms. The Morgan fingerprint density at radius 3 is 2.56 bits per heavy atom. The molecule has 3 nitrogen and oxygen atoms in total. The highest BCUT2D eigenvalue weighted by atomic mass is 32.1. The molecule has 1 N–H and O–H groups in total. The van der Waals surface area contributed by atoms with Gasteiger partial charge in [-0.3, -0.25) is 0 Å². The lowest BCUT2D eigenvalue weighted by Crippen LogP contribution is -2.11. The van der Waals surface area contributed by atoms with Crippen LogP contribution in [0, 0.1) is 5.82 Å². The lowest BCUT2D eigenvalue weighted by Gasteiger charge is -2.02. The van der Waals surface area contributed by atoms with E-state index >= 15 is 0 Å². The second-order valence-corrected chi connectivity index (χ2v) is 4.47. The van der Waals surface area contributed by atoms with Crippen LogP contribution in [0.5, 0.6) is 0 Å². The van der Waals surface area contributed by atoms with Crippen LogP contribution in [0.1, 0.15) is 18.0 Å². The molecule has 2 rings (SSSR count). The van der Waals surface area contributed by atoms with Crippen LogP contribution < -0.4 is 5.32 Å². The Morgan fingerprint density at radius 2 is 1.94 bits per heavy atom. The highest BCUT2D eigenvalue weighted by molar-refractivity contribution is 7.14. The number of nitrogens with one attached hydrogen (secondary N) is 1. The quantitative estimate of drug-likeness (QED) is 0.891. The normalized spacial score (nSPS) is 12.7. The zero-order valence-corrected chi connectivity index (χ0v) is 9.88. The maximum absolute atomic E-state index is 12.7. The second kappa shape index (κ2) is 4.67. The Balaban J connectivity index is 2.28.